The number of aliphatic hydroxyl groups is 1. The predicted octanol–water partition coefficient (Wildman–Crippen LogP) is 4.57. The maximum atomic E-state index is 11.6. The SMILES string of the molecule is Cc1ccccc1-c1cc(COCc2cccc(CO)c2)ccc1C(=O)O. The molecular formula is C23H22O4. The first kappa shape index (κ1) is 18.8. The van der Waals surface area contributed by atoms with Crippen LogP contribution in [0.4, 0.5) is 0 Å². The van der Waals surface area contributed by atoms with Crippen LogP contribution in [0.3, 0.4) is 0 Å². The summed E-state index contributed by atoms with van der Waals surface area (Å²) >= 11 is 0. The van der Waals surface area contributed by atoms with Gasteiger partial charge in [0.1, 0.15) is 0 Å². The molecular weight excluding hydrogens is 340 g/mol. The van der Waals surface area contributed by atoms with Crippen molar-refractivity contribution < 1.29 is 19.7 Å². The summed E-state index contributed by atoms with van der Waals surface area (Å²) in [7, 11) is 0. The van der Waals surface area contributed by atoms with Crippen molar-refractivity contribution in [2.75, 3.05) is 0 Å². The number of aliphatic hydroxyl groups excluding tert-OH is 1. The average molecular weight is 362 g/mol. The van der Waals surface area contributed by atoms with E-state index in [-0.39, 0.29) is 12.2 Å². The molecule has 0 aromatic heterocycles. The molecule has 0 atom stereocenters. The minimum Gasteiger partial charge on any atom is -0.478 e. The molecule has 138 valence electrons. The van der Waals surface area contributed by atoms with Gasteiger partial charge in [0, 0.05) is 0 Å². The van der Waals surface area contributed by atoms with Crippen molar-refractivity contribution in [3.8, 4) is 11.1 Å². The highest BCUT2D eigenvalue weighted by Gasteiger charge is 2.14. The third kappa shape index (κ3) is 4.61. The van der Waals surface area contributed by atoms with Gasteiger partial charge in [-0.1, -0.05) is 54.6 Å². The minimum absolute atomic E-state index is 0.00424. The topological polar surface area (TPSA) is 66.8 Å². The lowest BCUT2D eigenvalue weighted by atomic mass is 9.94. The molecule has 0 bridgehead atoms. The first-order valence-electron chi connectivity index (χ1n) is 8.77. The molecule has 27 heavy (non-hydrogen) atoms. The zero-order valence-corrected chi connectivity index (χ0v) is 15.2. The number of aromatic carboxylic acids is 1. The summed E-state index contributed by atoms with van der Waals surface area (Å²) in [5.41, 5.74) is 5.67. The third-order valence-electron chi connectivity index (χ3n) is 4.46. The van der Waals surface area contributed by atoms with E-state index in [1.165, 1.54) is 0 Å². The second-order valence-corrected chi connectivity index (χ2v) is 6.47. The highest BCUT2D eigenvalue weighted by Crippen LogP contribution is 2.28. The van der Waals surface area contributed by atoms with Crippen LogP contribution in [-0.4, -0.2) is 16.2 Å². The number of benzene rings is 3. The van der Waals surface area contributed by atoms with Gasteiger partial charge in [0.25, 0.3) is 0 Å². The van der Waals surface area contributed by atoms with Gasteiger partial charge in [-0.15, -0.1) is 0 Å². The fourth-order valence-corrected chi connectivity index (χ4v) is 3.07. The largest absolute Gasteiger partial charge is 0.478 e. The molecule has 4 nitrogen and oxygen atoms in total. The number of ether oxygens (including phenoxy) is 1. The molecule has 0 aliphatic rings. The monoisotopic (exact) mass is 362 g/mol. The molecule has 0 fully saturated rings. The molecule has 4 heteroatoms. The van der Waals surface area contributed by atoms with E-state index in [1.807, 2.05) is 61.5 Å². The van der Waals surface area contributed by atoms with Crippen molar-refractivity contribution in [1.29, 1.82) is 0 Å². The lowest BCUT2D eigenvalue weighted by molar-refractivity contribution is 0.0697. The summed E-state index contributed by atoms with van der Waals surface area (Å²) in [5, 5.41) is 18.7. The van der Waals surface area contributed by atoms with Crippen LogP contribution >= 0.6 is 0 Å². The van der Waals surface area contributed by atoms with Gasteiger partial charge in [-0.2, -0.15) is 0 Å². The Kier molecular flexibility index (Phi) is 6.01. The normalized spacial score (nSPS) is 10.7. The van der Waals surface area contributed by atoms with Gasteiger partial charge in [-0.3, -0.25) is 0 Å². The Bertz CT molecular complexity index is 947. The quantitative estimate of drug-likeness (QED) is 0.646. The Morgan fingerprint density at radius 1 is 0.852 bits per heavy atom. The first-order chi connectivity index (χ1) is 13.1. The second kappa shape index (κ2) is 8.62. The number of carboxylic acids is 1. The van der Waals surface area contributed by atoms with Crippen LogP contribution in [0.5, 0.6) is 0 Å². The molecule has 3 aromatic carbocycles. The Morgan fingerprint density at radius 3 is 2.26 bits per heavy atom. The smallest absolute Gasteiger partial charge is 0.336 e. The maximum absolute atomic E-state index is 11.6. The highest BCUT2D eigenvalue weighted by molar-refractivity contribution is 5.96. The van der Waals surface area contributed by atoms with Gasteiger partial charge < -0.3 is 14.9 Å². The number of carbonyl (C=O) groups is 1. The number of carboxylic acid groups (broad SMARTS) is 1. The predicted molar refractivity (Wildman–Crippen MR) is 104 cm³/mol. The Morgan fingerprint density at radius 2 is 1.56 bits per heavy atom. The van der Waals surface area contributed by atoms with E-state index in [1.54, 1.807) is 12.1 Å². The van der Waals surface area contributed by atoms with Crippen molar-refractivity contribution in [3.63, 3.8) is 0 Å². The molecule has 0 amide bonds. The summed E-state index contributed by atoms with van der Waals surface area (Å²) in [6.07, 6.45) is 0. The molecule has 0 unspecified atom stereocenters. The molecule has 3 aromatic rings. The second-order valence-electron chi connectivity index (χ2n) is 6.47. The van der Waals surface area contributed by atoms with Gasteiger partial charge in [-0.05, 0) is 52.4 Å². The number of hydrogen-bond donors (Lipinski definition) is 2. The molecule has 0 heterocycles. The Labute approximate surface area is 158 Å². The van der Waals surface area contributed by atoms with E-state index < -0.39 is 5.97 Å². The van der Waals surface area contributed by atoms with Crippen molar-refractivity contribution >= 4 is 5.97 Å². The molecule has 0 aliphatic carbocycles. The van der Waals surface area contributed by atoms with E-state index in [4.69, 9.17) is 4.74 Å². The lowest BCUT2D eigenvalue weighted by Gasteiger charge is -2.12. The zero-order valence-electron chi connectivity index (χ0n) is 15.2. The molecule has 0 aliphatic heterocycles. The van der Waals surface area contributed by atoms with E-state index in [0.29, 0.717) is 18.8 Å². The zero-order chi connectivity index (χ0) is 19.2. The van der Waals surface area contributed by atoms with Gasteiger partial charge in [0.05, 0.1) is 25.4 Å². The van der Waals surface area contributed by atoms with Crippen molar-refractivity contribution in [2.45, 2.75) is 26.7 Å². The van der Waals surface area contributed by atoms with Gasteiger partial charge in [0.15, 0.2) is 0 Å². The molecule has 3 rings (SSSR count). The molecule has 2 N–H and O–H groups in total. The van der Waals surface area contributed by atoms with Crippen LogP contribution in [0.15, 0.2) is 66.7 Å². The third-order valence-corrected chi connectivity index (χ3v) is 4.46. The standard InChI is InChI=1S/C23H22O4/c1-16-5-2-3-8-20(16)22-12-19(9-10-21(22)23(25)26)15-27-14-18-7-4-6-17(11-18)13-24/h2-12,24H,13-15H2,1H3,(H,25,26). The Hall–Kier alpha value is -2.95. The molecule has 0 spiro atoms. The molecule has 0 radical (unpaired) electrons. The average Bonchev–Trinajstić information content (AvgIpc) is 2.68. The van der Waals surface area contributed by atoms with Crippen LogP contribution < -0.4 is 0 Å². The van der Waals surface area contributed by atoms with Crippen molar-refractivity contribution in [2.24, 2.45) is 0 Å². The van der Waals surface area contributed by atoms with Crippen molar-refractivity contribution in [3.05, 3.63) is 94.5 Å². The summed E-state index contributed by atoms with van der Waals surface area (Å²) < 4.78 is 5.80. The van der Waals surface area contributed by atoms with E-state index in [2.05, 4.69) is 0 Å². The van der Waals surface area contributed by atoms with Crippen LogP contribution in [-0.2, 0) is 24.6 Å². The number of hydrogen-bond acceptors (Lipinski definition) is 3. The van der Waals surface area contributed by atoms with Crippen LogP contribution in [0, 0.1) is 6.92 Å². The summed E-state index contributed by atoms with van der Waals surface area (Å²) in [5.74, 6) is -0.943. The fourth-order valence-electron chi connectivity index (χ4n) is 3.07. The van der Waals surface area contributed by atoms with Gasteiger partial charge in [-0.25, -0.2) is 4.79 Å². The summed E-state index contributed by atoms with van der Waals surface area (Å²) in [6.45, 7) is 2.78. The number of rotatable bonds is 7. The van der Waals surface area contributed by atoms with Crippen LogP contribution in [0.1, 0.15) is 32.6 Å². The Balaban J connectivity index is 1.79. The highest BCUT2D eigenvalue weighted by atomic mass is 16.5. The van der Waals surface area contributed by atoms with E-state index in [9.17, 15) is 15.0 Å². The summed E-state index contributed by atoms with van der Waals surface area (Å²) in [6, 6.07) is 20.7. The fraction of sp³-hybridized carbons (Fsp3) is 0.174. The van der Waals surface area contributed by atoms with Gasteiger partial charge >= 0.3 is 5.97 Å². The number of aryl methyl sites for hydroxylation is 1. The van der Waals surface area contributed by atoms with Crippen LogP contribution in [0.25, 0.3) is 11.1 Å². The van der Waals surface area contributed by atoms with Crippen LogP contribution in [0.2, 0.25) is 0 Å². The van der Waals surface area contributed by atoms with Crippen molar-refractivity contribution in [1.82, 2.24) is 0 Å². The molecule has 0 saturated heterocycles. The summed E-state index contributed by atoms with van der Waals surface area (Å²) in [4.78, 5) is 11.6. The van der Waals surface area contributed by atoms with E-state index >= 15 is 0 Å². The first-order valence-corrected chi connectivity index (χ1v) is 8.77. The molecule has 0 saturated carbocycles. The van der Waals surface area contributed by atoms with E-state index in [0.717, 1.165) is 27.8 Å². The lowest BCUT2D eigenvalue weighted by Crippen LogP contribution is -2.02. The van der Waals surface area contributed by atoms with Gasteiger partial charge in [0.2, 0.25) is 0 Å². The minimum atomic E-state index is -0.943. The maximum Gasteiger partial charge on any atom is 0.336 e.